The molecule has 1 aromatic heterocycles. The molecule has 0 atom stereocenters. The first-order valence-electron chi connectivity index (χ1n) is 11.8. The van der Waals surface area contributed by atoms with Crippen molar-refractivity contribution in [3.05, 3.63) is 75.2 Å². The summed E-state index contributed by atoms with van der Waals surface area (Å²) in [6.45, 7) is 12.9. The van der Waals surface area contributed by atoms with E-state index in [0.717, 1.165) is 31.3 Å². The van der Waals surface area contributed by atoms with Gasteiger partial charge in [-0.1, -0.05) is 40.5 Å². The molecule has 0 saturated carbocycles. The molecule has 0 amide bonds. The van der Waals surface area contributed by atoms with Crippen molar-refractivity contribution in [3.63, 3.8) is 0 Å². The Morgan fingerprint density at radius 3 is 1.97 bits per heavy atom. The normalized spacial score (nSPS) is 11.9. The zero-order valence-corrected chi connectivity index (χ0v) is 21.4. The van der Waals surface area contributed by atoms with E-state index in [1.807, 2.05) is 19.1 Å². The summed E-state index contributed by atoms with van der Waals surface area (Å²) in [6.07, 6.45) is 12.1. The van der Waals surface area contributed by atoms with Gasteiger partial charge in [-0.25, -0.2) is 4.79 Å². The first-order chi connectivity index (χ1) is 16.2. The molecule has 0 saturated heterocycles. The highest BCUT2D eigenvalue weighted by atomic mass is 16.5. The molecule has 0 aliphatic heterocycles. The van der Waals surface area contributed by atoms with Gasteiger partial charge in [-0.2, -0.15) is 0 Å². The molecule has 0 aliphatic rings. The Morgan fingerprint density at radius 1 is 0.853 bits per heavy atom. The van der Waals surface area contributed by atoms with Crippen LogP contribution in [0.15, 0.2) is 74.0 Å². The van der Waals surface area contributed by atoms with Crippen molar-refractivity contribution in [2.24, 2.45) is 0 Å². The molecule has 1 heterocycles. The summed E-state index contributed by atoms with van der Waals surface area (Å²) in [4.78, 5) is 12.4. The van der Waals surface area contributed by atoms with E-state index in [9.17, 15) is 9.90 Å². The smallest absolute Gasteiger partial charge is 0.383 e. The standard InChI is InChI=1S/C29H38O5/c1-20(2)10-7-12-22(5)16-18-32-24-14-9-15-25-26(24)27(30)28(29(31)34-25)33-19-17-23(6)13-8-11-21(3)4/h9-11,14-17,30H,7-8,12-13,18-19H2,1-6H3. The van der Waals surface area contributed by atoms with Crippen LogP contribution in [0.2, 0.25) is 0 Å². The van der Waals surface area contributed by atoms with Gasteiger partial charge in [0.1, 0.15) is 29.9 Å². The number of fused-ring (bicyclic) bond motifs is 1. The lowest BCUT2D eigenvalue weighted by molar-refractivity contribution is 0.314. The molecule has 2 rings (SSSR count). The van der Waals surface area contributed by atoms with Crippen LogP contribution in [0.25, 0.3) is 11.0 Å². The van der Waals surface area contributed by atoms with Crippen LogP contribution in [-0.4, -0.2) is 18.3 Å². The first kappa shape index (κ1) is 27.0. The van der Waals surface area contributed by atoms with Gasteiger partial charge in [0.15, 0.2) is 5.75 Å². The Kier molecular flexibility index (Phi) is 10.7. The van der Waals surface area contributed by atoms with Crippen LogP contribution in [0, 0.1) is 0 Å². The molecule has 0 radical (unpaired) electrons. The lowest BCUT2D eigenvalue weighted by Crippen LogP contribution is -2.08. The van der Waals surface area contributed by atoms with Crippen molar-refractivity contribution in [2.45, 2.75) is 67.2 Å². The Balaban J connectivity index is 2.14. The second kappa shape index (κ2) is 13.5. The fraction of sp³-hybridized carbons (Fsp3) is 0.414. The maximum Gasteiger partial charge on any atom is 0.383 e. The van der Waals surface area contributed by atoms with Crippen molar-refractivity contribution in [1.29, 1.82) is 0 Å². The molecular weight excluding hydrogens is 428 g/mol. The lowest BCUT2D eigenvalue weighted by atomic mass is 10.1. The summed E-state index contributed by atoms with van der Waals surface area (Å²) in [7, 11) is 0. The van der Waals surface area contributed by atoms with Gasteiger partial charge in [0, 0.05) is 0 Å². The zero-order valence-electron chi connectivity index (χ0n) is 21.4. The number of ether oxygens (including phenoxy) is 2. The van der Waals surface area contributed by atoms with E-state index in [1.165, 1.54) is 16.7 Å². The highest BCUT2D eigenvalue weighted by Crippen LogP contribution is 2.37. The molecule has 34 heavy (non-hydrogen) atoms. The van der Waals surface area contributed by atoms with Gasteiger partial charge in [0.2, 0.25) is 5.75 Å². The number of allylic oxidation sites excluding steroid dienone is 6. The summed E-state index contributed by atoms with van der Waals surface area (Å²) in [6, 6.07) is 5.09. The van der Waals surface area contributed by atoms with Crippen LogP contribution >= 0.6 is 0 Å². The summed E-state index contributed by atoms with van der Waals surface area (Å²) in [5, 5.41) is 11.2. The summed E-state index contributed by atoms with van der Waals surface area (Å²) in [5.74, 6) is -0.0301. The molecule has 0 aliphatic carbocycles. The Hall–Kier alpha value is -3.21. The maximum atomic E-state index is 12.4. The van der Waals surface area contributed by atoms with Gasteiger partial charge >= 0.3 is 5.63 Å². The van der Waals surface area contributed by atoms with E-state index in [4.69, 9.17) is 13.9 Å². The second-order valence-electron chi connectivity index (χ2n) is 9.06. The van der Waals surface area contributed by atoms with Gasteiger partial charge in [0.25, 0.3) is 0 Å². The Bertz CT molecular complexity index is 1140. The summed E-state index contributed by atoms with van der Waals surface area (Å²) in [5.41, 5.74) is 4.51. The van der Waals surface area contributed by atoms with Gasteiger partial charge in [-0.3, -0.25) is 0 Å². The second-order valence-corrected chi connectivity index (χ2v) is 9.06. The van der Waals surface area contributed by atoms with Crippen molar-refractivity contribution in [2.75, 3.05) is 13.2 Å². The fourth-order valence-electron chi connectivity index (χ4n) is 3.36. The molecule has 184 valence electrons. The number of hydrogen-bond donors (Lipinski definition) is 1. The molecule has 1 N–H and O–H groups in total. The third-order valence-electron chi connectivity index (χ3n) is 5.34. The molecule has 0 fully saturated rings. The minimum atomic E-state index is -0.715. The van der Waals surface area contributed by atoms with E-state index in [0.29, 0.717) is 17.7 Å². The van der Waals surface area contributed by atoms with Gasteiger partial charge in [0.05, 0.1) is 0 Å². The molecule has 5 heteroatoms. The minimum Gasteiger partial charge on any atom is -0.503 e. The third-order valence-corrected chi connectivity index (χ3v) is 5.34. The highest BCUT2D eigenvalue weighted by Gasteiger charge is 2.18. The number of rotatable bonds is 12. The summed E-state index contributed by atoms with van der Waals surface area (Å²) < 4.78 is 16.9. The van der Waals surface area contributed by atoms with E-state index < -0.39 is 5.63 Å². The number of benzene rings is 1. The van der Waals surface area contributed by atoms with Gasteiger partial charge < -0.3 is 19.0 Å². The molecule has 0 bridgehead atoms. The van der Waals surface area contributed by atoms with Crippen LogP contribution in [0.1, 0.15) is 67.2 Å². The van der Waals surface area contributed by atoms with Gasteiger partial charge in [-0.05, 0) is 91.5 Å². The quantitative estimate of drug-likeness (QED) is 0.257. The van der Waals surface area contributed by atoms with E-state index >= 15 is 0 Å². The predicted octanol–water partition coefficient (Wildman–Crippen LogP) is 7.64. The van der Waals surface area contributed by atoms with E-state index in [-0.39, 0.29) is 23.7 Å². The monoisotopic (exact) mass is 466 g/mol. The van der Waals surface area contributed by atoms with Gasteiger partial charge in [-0.15, -0.1) is 0 Å². The molecular formula is C29H38O5. The maximum absolute atomic E-state index is 12.4. The average Bonchev–Trinajstić information content (AvgIpc) is 2.75. The summed E-state index contributed by atoms with van der Waals surface area (Å²) >= 11 is 0. The topological polar surface area (TPSA) is 68.9 Å². The zero-order chi connectivity index (χ0) is 25.1. The highest BCUT2D eigenvalue weighted by molar-refractivity contribution is 5.91. The largest absolute Gasteiger partial charge is 0.503 e. The van der Waals surface area contributed by atoms with Crippen molar-refractivity contribution in [3.8, 4) is 17.2 Å². The van der Waals surface area contributed by atoms with Crippen molar-refractivity contribution < 1.29 is 19.0 Å². The molecule has 2 aromatic rings. The predicted molar refractivity (Wildman–Crippen MR) is 140 cm³/mol. The SMILES string of the molecule is CC(C)=CCCC(C)=CCOc1c(O)c2c(OCC=C(C)CCC=C(C)C)cccc2oc1=O. The van der Waals surface area contributed by atoms with E-state index in [2.05, 4.69) is 46.8 Å². The first-order valence-corrected chi connectivity index (χ1v) is 11.8. The molecule has 0 spiro atoms. The number of hydrogen-bond acceptors (Lipinski definition) is 5. The number of aromatic hydroxyl groups is 1. The average molecular weight is 467 g/mol. The van der Waals surface area contributed by atoms with Crippen LogP contribution in [-0.2, 0) is 0 Å². The van der Waals surface area contributed by atoms with Crippen LogP contribution in [0.3, 0.4) is 0 Å². The van der Waals surface area contributed by atoms with Crippen LogP contribution in [0.4, 0.5) is 0 Å². The Labute approximate surface area is 203 Å². The Morgan fingerprint density at radius 2 is 1.41 bits per heavy atom. The minimum absolute atomic E-state index is 0.168. The lowest BCUT2D eigenvalue weighted by Gasteiger charge is -2.11. The molecule has 1 aromatic carbocycles. The van der Waals surface area contributed by atoms with Crippen LogP contribution < -0.4 is 15.1 Å². The van der Waals surface area contributed by atoms with E-state index in [1.54, 1.807) is 18.2 Å². The fourth-order valence-corrected chi connectivity index (χ4v) is 3.36. The van der Waals surface area contributed by atoms with Crippen LogP contribution in [0.5, 0.6) is 17.2 Å². The third kappa shape index (κ3) is 8.62. The van der Waals surface area contributed by atoms with Crippen molar-refractivity contribution >= 4 is 11.0 Å². The van der Waals surface area contributed by atoms with Crippen molar-refractivity contribution in [1.82, 2.24) is 0 Å². The molecule has 0 unspecified atom stereocenters. The molecule has 5 nitrogen and oxygen atoms in total.